The van der Waals surface area contributed by atoms with Crippen LogP contribution in [0.1, 0.15) is 76.1 Å². The van der Waals surface area contributed by atoms with Gasteiger partial charge in [-0.2, -0.15) is 4.98 Å². The molecule has 1 aromatic heterocycles. The highest BCUT2D eigenvalue weighted by atomic mass is 16.5. The van der Waals surface area contributed by atoms with Gasteiger partial charge in [-0.15, -0.1) is 0 Å². The van der Waals surface area contributed by atoms with Crippen LogP contribution in [-0.4, -0.2) is 28.0 Å². The highest BCUT2D eigenvalue weighted by Gasteiger charge is 2.30. The number of aliphatic hydroxyl groups is 1. The maximum Gasteiger partial charge on any atom is 0.232 e. The van der Waals surface area contributed by atoms with E-state index in [0.29, 0.717) is 18.3 Å². The summed E-state index contributed by atoms with van der Waals surface area (Å²) in [5.41, 5.74) is 0. The standard InChI is InChI=1S/C14H24N2O3/c1-3-7-12(18-4-2)13-15-14(19-16-13)10-8-5-6-9-11(10)17/h10-12,17H,3-9H2,1-2H3. The summed E-state index contributed by atoms with van der Waals surface area (Å²) in [6.07, 6.45) is 5.41. The first-order valence-electron chi connectivity index (χ1n) is 7.39. The highest BCUT2D eigenvalue weighted by molar-refractivity contribution is 5.00. The van der Waals surface area contributed by atoms with E-state index >= 15 is 0 Å². The molecule has 1 saturated carbocycles. The van der Waals surface area contributed by atoms with Gasteiger partial charge in [0.2, 0.25) is 11.7 Å². The van der Waals surface area contributed by atoms with E-state index in [1.54, 1.807) is 0 Å². The lowest BCUT2D eigenvalue weighted by Crippen LogP contribution is -2.22. The largest absolute Gasteiger partial charge is 0.392 e. The molecule has 0 saturated heterocycles. The van der Waals surface area contributed by atoms with Gasteiger partial charge in [-0.1, -0.05) is 31.3 Å². The molecule has 1 aliphatic carbocycles. The fourth-order valence-corrected chi connectivity index (χ4v) is 2.68. The number of hydrogen-bond donors (Lipinski definition) is 1. The fraction of sp³-hybridized carbons (Fsp3) is 0.857. The molecular formula is C14H24N2O3. The third-order valence-corrected chi connectivity index (χ3v) is 3.71. The molecule has 0 aliphatic heterocycles. The van der Waals surface area contributed by atoms with Gasteiger partial charge in [0.05, 0.1) is 12.0 Å². The van der Waals surface area contributed by atoms with E-state index in [0.717, 1.165) is 38.5 Å². The summed E-state index contributed by atoms with van der Waals surface area (Å²) in [5.74, 6) is 1.19. The van der Waals surface area contributed by atoms with E-state index < -0.39 is 0 Å². The van der Waals surface area contributed by atoms with Crippen LogP contribution in [0.15, 0.2) is 4.52 Å². The topological polar surface area (TPSA) is 68.4 Å². The van der Waals surface area contributed by atoms with Crippen LogP contribution < -0.4 is 0 Å². The number of rotatable bonds is 6. The van der Waals surface area contributed by atoms with Crippen LogP contribution in [0, 0.1) is 0 Å². The van der Waals surface area contributed by atoms with Crippen molar-refractivity contribution >= 4 is 0 Å². The van der Waals surface area contributed by atoms with E-state index in [4.69, 9.17) is 9.26 Å². The van der Waals surface area contributed by atoms with Crippen molar-refractivity contribution in [3.05, 3.63) is 11.7 Å². The van der Waals surface area contributed by atoms with Crippen molar-refractivity contribution in [3.8, 4) is 0 Å². The molecule has 1 heterocycles. The SMILES string of the molecule is CCCC(OCC)c1noc(C2CCCCC2O)n1. The minimum absolute atomic E-state index is 0.00102. The van der Waals surface area contributed by atoms with Crippen molar-refractivity contribution in [2.24, 2.45) is 0 Å². The van der Waals surface area contributed by atoms with Crippen LogP contribution in [0.25, 0.3) is 0 Å². The zero-order chi connectivity index (χ0) is 13.7. The molecule has 19 heavy (non-hydrogen) atoms. The lowest BCUT2D eigenvalue weighted by atomic mass is 9.86. The zero-order valence-corrected chi connectivity index (χ0v) is 11.8. The van der Waals surface area contributed by atoms with Gasteiger partial charge in [-0.3, -0.25) is 0 Å². The Labute approximate surface area is 114 Å². The van der Waals surface area contributed by atoms with E-state index in [-0.39, 0.29) is 18.1 Å². The molecule has 1 N–H and O–H groups in total. The average molecular weight is 268 g/mol. The van der Waals surface area contributed by atoms with Crippen LogP contribution in [0.4, 0.5) is 0 Å². The summed E-state index contributed by atoms with van der Waals surface area (Å²) in [7, 11) is 0. The fourth-order valence-electron chi connectivity index (χ4n) is 2.68. The molecule has 5 heteroatoms. The maximum atomic E-state index is 10.0. The first-order chi connectivity index (χ1) is 9.26. The third-order valence-electron chi connectivity index (χ3n) is 3.71. The Morgan fingerprint density at radius 2 is 2.16 bits per heavy atom. The minimum atomic E-state index is -0.348. The summed E-state index contributed by atoms with van der Waals surface area (Å²) in [6.45, 7) is 4.72. The summed E-state index contributed by atoms with van der Waals surface area (Å²) in [5, 5.41) is 14.1. The first kappa shape index (κ1) is 14.5. The average Bonchev–Trinajstić information content (AvgIpc) is 2.88. The van der Waals surface area contributed by atoms with Gasteiger partial charge < -0.3 is 14.4 Å². The number of nitrogens with zero attached hydrogens (tertiary/aromatic N) is 2. The van der Waals surface area contributed by atoms with Crippen molar-refractivity contribution in [2.45, 2.75) is 70.5 Å². The molecule has 2 rings (SSSR count). The Hall–Kier alpha value is -0.940. The van der Waals surface area contributed by atoms with Gasteiger partial charge in [0.1, 0.15) is 6.10 Å². The van der Waals surface area contributed by atoms with Crippen LogP contribution in [0.3, 0.4) is 0 Å². The Kier molecular flexibility index (Phi) is 5.34. The quantitative estimate of drug-likeness (QED) is 0.859. The van der Waals surface area contributed by atoms with Crippen LogP contribution >= 0.6 is 0 Å². The Bertz CT molecular complexity index is 375. The van der Waals surface area contributed by atoms with E-state index in [1.807, 2.05) is 6.92 Å². The molecule has 1 fully saturated rings. The van der Waals surface area contributed by atoms with Crippen LogP contribution in [0.5, 0.6) is 0 Å². The number of ether oxygens (including phenoxy) is 1. The Balaban J connectivity index is 2.08. The third kappa shape index (κ3) is 3.54. The summed E-state index contributed by atoms with van der Waals surface area (Å²) >= 11 is 0. The lowest BCUT2D eigenvalue weighted by molar-refractivity contribution is 0.0477. The molecule has 0 amide bonds. The smallest absolute Gasteiger partial charge is 0.232 e. The molecule has 0 spiro atoms. The second-order valence-electron chi connectivity index (χ2n) is 5.18. The molecule has 1 aliphatic rings. The molecule has 0 aromatic carbocycles. The second kappa shape index (κ2) is 7.01. The summed E-state index contributed by atoms with van der Waals surface area (Å²) in [4.78, 5) is 4.46. The van der Waals surface area contributed by atoms with Crippen molar-refractivity contribution < 1.29 is 14.4 Å². The Morgan fingerprint density at radius 1 is 1.37 bits per heavy atom. The van der Waals surface area contributed by atoms with Gasteiger partial charge in [0.25, 0.3) is 0 Å². The summed E-state index contributed by atoms with van der Waals surface area (Å²) in [6, 6.07) is 0. The summed E-state index contributed by atoms with van der Waals surface area (Å²) < 4.78 is 11.0. The Morgan fingerprint density at radius 3 is 2.84 bits per heavy atom. The van der Waals surface area contributed by atoms with Crippen molar-refractivity contribution in [1.29, 1.82) is 0 Å². The molecular weight excluding hydrogens is 244 g/mol. The molecule has 3 unspecified atom stereocenters. The van der Waals surface area contributed by atoms with Crippen LogP contribution in [0.2, 0.25) is 0 Å². The molecule has 1 aromatic rings. The predicted molar refractivity (Wildman–Crippen MR) is 70.8 cm³/mol. The number of aromatic nitrogens is 2. The number of aliphatic hydroxyl groups excluding tert-OH is 1. The number of hydrogen-bond acceptors (Lipinski definition) is 5. The van der Waals surface area contributed by atoms with E-state index in [2.05, 4.69) is 17.1 Å². The maximum absolute atomic E-state index is 10.0. The van der Waals surface area contributed by atoms with Crippen molar-refractivity contribution in [3.63, 3.8) is 0 Å². The molecule has 3 atom stereocenters. The van der Waals surface area contributed by atoms with Crippen molar-refractivity contribution in [2.75, 3.05) is 6.61 Å². The van der Waals surface area contributed by atoms with Gasteiger partial charge in [-0.25, -0.2) is 0 Å². The second-order valence-corrected chi connectivity index (χ2v) is 5.18. The first-order valence-corrected chi connectivity index (χ1v) is 7.39. The predicted octanol–water partition coefficient (Wildman–Crippen LogP) is 2.97. The van der Waals surface area contributed by atoms with Gasteiger partial charge >= 0.3 is 0 Å². The van der Waals surface area contributed by atoms with Crippen LogP contribution in [-0.2, 0) is 4.74 Å². The minimum Gasteiger partial charge on any atom is -0.392 e. The molecule has 0 radical (unpaired) electrons. The van der Waals surface area contributed by atoms with Gasteiger partial charge in [-0.05, 0) is 26.2 Å². The highest BCUT2D eigenvalue weighted by Crippen LogP contribution is 2.33. The molecule has 5 nitrogen and oxygen atoms in total. The zero-order valence-electron chi connectivity index (χ0n) is 11.8. The van der Waals surface area contributed by atoms with Gasteiger partial charge in [0, 0.05) is 6.61 Å². The monoisotopic (exact) mass is 268 g/mol. The van der Waals surface area contributed by atoms with Gasteiger partial charge in [0.15, 0.2) is 0 Å². The van der Waals surface area contributed by atoms with Crippen molar-refractivity contribution in [1.82, 2.24) is 10.1 Å². The molecule has 0 bridgehead atoms. The lowest BCUT2D eigenvalue weighted by Gasteiger charge is -2.24. The van der Waals surface area contributed by atoms with E-state index in [1.165, 1.54) is 0 Å². The molecule has 108 valence electrons. The normalized spacial score (nSPS) is 25.4. The van der Waals surface area contributed by atoms with E-state index in [9.17, 15) is 5.11 Å².